The van der Waals surface area contributed by atoms with Crippen molar-refractivity contribution in [3.63, 3.8) is 0 Å². The maximum Gasteiger partial charge on any atom is 0.407 e. The molecule has 300 valence electrons. The van der Waals surface area contributed by atoms with E-state index >= 15 is 0 Å². The zero-order valence-corrected chi connectivity index (χ0v) is 33.5. The van der Waals surface area contributed by atoms with Gasteiger partial charge in [-0.15, -0.1) is 0 Å². The molecule has 3 unspecified atom stereocenters. The number of esters is 1. The molecule has 13 heteroatoms. The van der Waals surface area contributed by atoms with Gasteiger partial charge in [0.15, 0.2) is 0 Å². The van der Waals surface area contributed by atoms with E-state index in [4.69, 9.17) is 9.47 Å². The highest BCUT2D eigenvalue weighted by Crippen LogP contribution is 2.38. The van der Waals surface area contributed by atoms with Gasteiger partial charge in [0.25, 0.3) is 0 Å². The van der Waals surface area contributed by atoms with Gasteiger partial charge in [-0.25, -0.2) is 14.8 Å². The van der Waals surface area contributed by atoms with E-state index in [2.05, 4.69) is 92.9 Å². The predicted octanol–water partition coefficient (Wildman–Crippen LogP) is 7.55. The van der Waals surface area contributed by atoms with Crippen LogP contribution in [0.5, 0.6) is 0 Å². The minimum atomic E-state index is -0.684. The highest BCUT2D eigenvalue weighted by molar-refractivity contribution is 5.86. The molecule has 1 saturated carbocycles. The molecule has 3 amide bonds. The lowest BCUT2D eigenvalue weighted by molar-refractivity contribution is -0.144. The van der Waals surface area contributed by atoms with Gasteiger partial charge < -0.3 is 35.0 Å². The number of aromatic nitrogens is 4. The topological polar surface area (TPSA) is 171 Å². The number of imidazole rings is 2. The third-order valence-corrected chi connectivity index (χ3v) is 10.3. The Morgan fingerprint density at radius 1 is 0.804 bits per heavy atom. The summed E-state index contributed by atoms with van der Waals surface area (Å²) in [6, 6.07) is 15.7. The molecular formula is C43H57N7O6. The Kier molecular flexibility index (Phi) is 14.8. The van der Waals surface area contributed by atoms with Gasteiger partial charge >= 0.3 is 12.1 Å². The third-order valence-electron chi connectivity index (χ3n) is 10.3. The molecule has 1 aliphatic carbocycles. The van der Waals surface area contributed by atoms with Gasteiger partial charge in [-0.1, -0.05) is 95.5 Å². The number of H-pyrrole nitrogens is 2. The van der Waals surface area contributed by atoms with Crippen molar-refractivity contribution in [2.45, 2.75) is 97.6 Å². The van der Waals surface area contributed by atoms with Crippen LogP contribution in [0.4, 0.5) is 4.79 Å². The molecule has 4 N–H and O–H groups in total. The summed E-state index contributed by atoms with van der Waals surface area (Å²) in [5, 5.41) is 5.45. The Labute approximate surface area is 329 Å². The van der Waals surface area contributed by atoms with E-state index in [9.17, 15) is 19.2 Å². The molecule has 0 spiro atoms. The minimum Gasteiger partial charge on any atom is -0.465 e. The number of hydrogen-bond acceptors (Lipinski definition) is 8. The van der Waals surface area contributed by atoms with E-state index in [0.717, 1.165) is 83.8 Å². The number of hydrogen-bond donors (Lipinski definition) is 4. The van der Waals surface area contributed by atoms with Crippen LogP contribution in [0.25, 0.3) is 33.6 Å². The molecule has 13 nitrogen and oxygen atoms in total. The van der Waals surface area contributed by atoms with E-state index in [-0.39, 0.29) is 48.8 Å². The van der Waals surface area contributed by atoms with Crippen molar-refractivity contribution >= 4 is 23.9 Å². The van der Waals surface area contributed by atoms with E-state index in [1.165, 1.54) is 13.5 Å². The fourth-order valence-electron chi connectivity index (χ4n) is 7.48. The maximum atomic E-state index is 13.5. The number of alkyl carbamates (subject to hydrolysis) is 1. The standard InChI is InChI=1S/C40H49N7O6.C3H8/c1-5-53-34(48)23-43-38(49)30-10-7-6-9-29(30)36-41-21-31(44-36)27-16-12-25(13-17-27)26-14-18-28(19-15-26)32-22-42-37(45-32)33-11-8-20-47(33)39(50)35(24(2)3)46-40(51)52-4;1-3-2/h12-19,21-22,24,29-30,33,35H,5-11,20,23H2,1-4H3,(H,41,44)(H,42,45)(H,43,49)(H,46,51);3H2,1-2H3/t29-,30?,33?,35?;/m1./s1. The average molecular weight is 768 g/mol. The fourth-order valence-corrected chi connectivity index (χ4v) is 7.48. The van der Waals surface area contributed by atoms with Crippen molar-refractivity contribution in [2.24, 2.45) is 11.8 Å². The maximum absolute atomic E-state index is 13.5. The Morgan fingerprint density at radius 3 is 1.93 bits per heavy atom. The van der Waals surface area contributed by atoms with Crippen LogP contribution in [0.3, 0.4) is 0 Å². The highest BCUT2D eigenvalue weighted by Gasteiger charge is 2.38. The van der Waals surface area contributed by atoms with Crippen LogP contribution >= 0.6 is 0 Å². The van der Waals surface area contributed by atoms with Crippen LogP contribution in [0, 0.1) is 11.8 Å². The number of carbonyl (C=O) groups is 4. The van der Waals surface area contributed by atoms with E-state index < -0.39 is 18.1 Å². The van der Waals surface area contributed by atoms with Crippen molar-refractivity contribution in [1.82, 2.24) is 35.5 Å². The molecule has 0 bridgehead atoms. The first-order chi connectivity index (χ1) is 27.1. The van der Waals surface area contributed by atoms with Gasteiger partial charge in [-0.2, -0.15) is 0 Å². The number of nitrogens with zero attached hydrogens (tertiary/aromatic N) is 3. The molecule has 1 aliphatic heterocycles. The largest absolute Gasteiger partial charge is 0.465 e. The van der Waals surface area contributed by atoms with Gasteiger partial charge in [0.05, 0.1) is 43.5 Å². The number of carbonyl (C=O) groups excluding carboxylic acids is 4. The fraction of sp³-hybridized carbons (Fsp3) is 0.488. The van der Waals surface area contributed by atoms with Gasteiger partial charge in [-0.3, -0.25) is 14.4 Å². The minimum absolute atomic E-state index is 0.0457. The molecule has 56 heavy (non-hydrogen) atoms. The van der Waals surface area contributed by atoms with Crippen LogP contribution in [-0.4, -0.2) is 81.6 Å². The van der Waals surface area contributed by atoms with Crippen LogP contribution in [0.2, 0.25) is 0 Å². The molecule has 2 aromatic carbocycles. The molecule has 4 aromatic rings. The van der Waals surface area contributed by atoms with E-state index in [1.54, 1.807) is 13.1 Å². The predicted molar refractivity (Wildman–Crippen MR) is 215 cm³/mol. The Hall–Kier alpha value is -5.46. The summed E-state index contributed by atoms with van der Waals surface area (Å²) in [7, 11) is 1.29. The lowest BCUT2D eigenvalue weighted by Gasteiger charge is -2.30. The van der Waals surface area contributed by atoms with Crippen molar-refractivity contribution in [3.05, 3.63) is 72.6 Å². The van der Waals surface area contributed by atoms with Crippen LogP contribution in [0.15, 0.2) is 60.9 Å². The molecular weight excluding hydrogens is 711 g/mol. The molecule has 1 saturated heterocycles. The Morgan fingerprint density at radius 2 is 1.36 bits per heavy atom. The third kappa shape index (κ3) is 10.2. The van der Waals surface area contributed by atoms with Crippen molar-refractivity contribution in [3.8, 4) is 33.6 Å². The molecule has 6 rings (SSSR count). The number of amides is 3. The number of aromatic amines is 2. The second-order valence-corrected chi connectivity index (χ2v) is 14.8. The summed E-state index contributed by atoms with van der Waals surface area (Å²) in [4.78, 5) is 68.3. The second kappa shape index (κ2) is 19.9. The summed E-state index contributed by atoms with van der Waals surface area (Å²) in [5.74, 6) is 0.408. The summed E-state index contributed by atoms with van der Waals surface area (Å²) in [5.41, 5.74) is 5.85. The molecule has 4 atom stereocenters. The van der Waals surface area contributed by atoms with Crippen molar-refractivity contribution in [2.75, 3.05) is 26.8 Å². The van der Waals surface area contributed by atoms with Gasteiger partial charge in [0.1, 0.15) is 24.2 Å². The average Bonchev–Trinajstić information content (AvgIpc) is 4.01. The summed E-state index contributed by atoms with van der Waals surface area (Å²) in [6.45, 7) is 10.5. The SMILES string of the molecule is CCC.CCOC(=O)CNC(=O)C1CCCC[C@H]1c1ncc(-c2ccc(-c3ccc(-c4cnc(C5CCCN5C(=O)C(NC(=O)OC)C(C)C)[nH]4)cc3)cc2)[nH]1. The lowest BCUT2D eigenvalue weighted by Crippen LogP contribution is -2.51. The molecule has 2 aliphatic rings. The Balaban J connectivity index is 0.00000194. The monoisotopic (exact) mass is 767 g/mol. The summed E-state index contributed by atoms with van der Waals surface area (Å²) in [6.07, 6.45) is 9.48. The van der Waals surface area contributed by atoms with Gasteiger partial charge in [0.2, 0.25) is 11.8 Å². The van der Waals surface area contributed by atoms with Crippen LogP contribution < -0.4 is 10.6 Å². The first-order valence-corrected chi connectivity index (χ1v) is 20.0. The number of ether oxygens (including phenoxy) is 2. The molecule has 0 radical (unpaired) electrons. The van der Waals surface area contributed by atoms with E-state index in [1.807, 2.05) is 24.9 Å². The zero-order valence-electron chi connectivity index (χ0n) is 33.5. The summed E-state index contributed by atoms with van der Waals surface area (Å²) < 4.78 is 9.70. The number of likely N-dealkylation sites (tertiary alicyclic amines) is 1. The molecule has 2 aromatic heterocycles. The van der Waals surface area contributed by atoms with Crippen LogP contribution in [-0.2, 0) is 23.9 Å². The number of methoxy groups -OCH3 is 1. The number of rotatable bonds is 12. The van der Waals surface area contributed by atoms with Crippen molar-refractivity contribution < 1.29 is 28.7 Å². The van der Waals surface area contributed by atoms with Gasteiger partial charge in [0, 0.05) is 18.4 Å². The first-order valence-electron chi connectivity index (χ1n) is 20.0. The molecule has 3 heterocycles. The quantitative estimate of drug-likeness (QED) is 0.107. The summed E-state index contributed by atoms with van der Waals surface area (Å²) >= 11 is 0. The second-order valence-electron chi connectivity index (χ2n) is 14.8. The van der Waals surface area contributed by atoms with Crippen molar-refractivity contribution in [1.29, 1.82) is 0 Å². The number of benzene rings is 2. The normalized spacial score (nSPS) is 18.4. The van der Waals surface area contributed by atoms with Crippen LogP contribution in [0.1, 0.15) is 103 Å². The zero-order chi connectivity index (χ0) is 40.2. The lowest BCUT2D eigenvalue weighted by atomic mass is 9.78. The Bertz CT molecular complexity index is 1900. The first kappa shape index (κ1) is 41.7. The van der Waals surface area contributed by atoms with E-state index in [0.29, 0.717) is 6.54 Å². The highest BCUT2D eigenvalue weighted by atomic mass is 16.5. The molecule has 2 fully saturated rings. The number of nitrogens with one attached hydrogen (secondary N) is 4. The van der Waals surface area contributed by atoms with Gasteiger partial charge in [-0.05, 0) is 60.8 Å². The smallest absolute Gasteiger partial charge is 0.407 e.